The number of hydrogen-bond donors (Lipinski definition) is 2. The normalized spacial score (nSPS) is 10.6. The van der Waals surface area contributed by atoms with Crippen LogP contribution in [0.1, 0.15) is 18.2 Å². The van der Waals surface area contributed by atoms with E-state index in [9.17, 15) is 4.79 Å². The first-order chi connectivity index (χ1) is 15.5. The predicted octanol–water partition coefficient (Wildman–Crippen LogP) is 6.83. The third kappa shape index (κ3) is 4.92. The number of ether oxygens (including phenoxy) is 1. The standard InChI is InChI=1S/C25H23ClN4O2/c1-3-18-8-4-6-10-22(18)30-24(16-17(2)29-30)32-23-11-7-5-9-21(23)28-25(31)27-20-14-12-19(26)13-15-20/h4-16H,3H2,1-2H3,(H2,27,28,31). The number of benzene rings is 3. The summed E-state index contributed by atoms with van der Waals surface area (Å²) in [4.78, 5) is 12.5. The van der Waals surface area contributed by atoms with E-state index >= 15 is 0 Å². The van der Waals surface area contributed by atoms with Gasteiger partial charge in [-0.25, -0.2) is 9.48 Å². The maximum absolute atomic E-state index is 12.5. The molecule has 6 nitrogen and oxygen atoms in total. The van der Waals surface area contributed by atoms with Gasteiger partial charge >= 0.3 is 6.03 Å². The Balaban J connectivity index is 1.58. The Morgan fingerprint density at radius 2 is 1.72 bits per heavy atom. The van der Waals surface area contributed by atoms with Gasteiger partial charge in [0, 0.05) is 16.8 Å². The highest BCUT2D eigenvalue weighted by atomic mass is 35.5. The molecule has 0 bridgehead atoms. The molecule has 0 atom stereocenters. The molecule has 0 saturated carbocycles. The lowest BCUT2D eigenvalue weighted by molar-refractivity contribution is 0.262. The van der Waals surface area contributed by atoms with Crippen LogP contribution in [0.2, 0.25) is 5.02 Å². The quantitative estimate of drug-likeness (QED) is 0.341. The van der Waals surface area contributed by atoms with E-state index in [4.69, 9.17) is 16.3 Å². The van der Waals surface area contributed by atoms with Gasteiger partial charge in [0.25, 0.3) is 0 Å². The van der Waals surface area contributed by atoms with E-state index in [2.05, 4.69) is 28.7 Å². The minimum Gasteiger partial charge on any atom is -0.437 e. The smallest absolute Gasteiger partial charge is 0.323 e. The zero-order valence-electron chi connectivity index (χ0n) is 17.8. The first-order valence-electron chi connectivity index (χ1n) is 10.3. The monoisotopic (exact) mass is 446 g/mol. The molecular weight excluding hydrogens is 424 g/mol. The van der Waals surface area contributed by atoms with Crippen LogP contribution in [-0.4, -0.2) is 15.8 Å². The van der Waals surface area contributed by atoms with Crippen LogP contribution in [0.3, 0.4) is 0 Å². The Bertz CT molecular complexity index is 1230. The Kier molecular flexibility index (Phi) is 6.42. The third-order valence-electron chi connectivity index (χ3n) is 4.85. The Morgan fingerprint density at radius 3 is 2.50 bits per heavy atom. The molecule has 1 aromatic heterocycles. The molecule has 0 saturated heterocycles. The summed E-state index contributed by atoms with van der Waals surface area (Å²) in [5.41, 5.74) is 4.12. The number of hydrogen-bond acceptors (Lipinski definition) is 3. The molecule has 4 rings (SSSR count). The topological polar surface area (TPSA) is 68.2 Å². The molecule has 4 aromatic rings. The molecular formula is C25H23ClN4O2. The van der Waals surface area contributed by atoms with Gasteiger partial charge in [0.05, 0.1) is 17.1 Å². The van der Waals surface area contributed by atoms with Gasteiger partial charge in [-0.05, 0) is 61.4 Å². The molecule has 0 radical (unpaired) electrons. The first-order valence-corrected chi connectivity index (χ1v) is 10.7. The van der Waals surface area contributed by atoms with Crippen molar-refractivity contribution in [2.75, 3.05) is 10.6 Å². The van der Waals surface area contributed by atoms with Gasteiger partial charge in [0.1, 0.15) is 0 Å². The van der Waals surface area contributed by atoms with E-state index in [1.807, 2.05) is 43.3 Å². The number of nitrogens with zero attached hydrogens (tertiary/aromatic N) is 2. The number of nitrogens with one attached hydrogen (secondary N) is 2. The molecule has 0 fully saturated rings. The van der Waals surface area contributed by atoms with Gasteiger partial charge in [0.15, 0.2) is 5.75 Å². The average Bonchev–Trinajstić information content (AvgIpc) is 3.16. The summed E-state index contributed by atoms with van der Waals surface area (Å²) in [6.07, 6.45) is 0.873. The summed E-state index contributed by atoms with van der Waals surface area (Å²) in [7, 11) is 0. The van der Waals surface area contributed by atoms with Crippen molar-refractivity contribution in [3.8, 4) is 17.3 Å². The van der Waals surface area contributed by atoms with Crippen molar-refractivity contribution < 1.29 is 9.53 Å². The van der Waals surface area contributed by atoms with E-state index in [-0.39, 0.29) is 6.03 Å². The van der Waals surface area contributed by atoms with E-state index in [1.54, 1.807) is 41.1 Å². The van der Waals surface area contributed by atoms with Crippen LogP contribution in [0, 0.1) is 6.92 Å². The molecule has 0 aliphatic heterocycles. The van der Waals surface area contributed by atoms with E-state index in [0.717, 1.165) is 23.4 Å². The third-order valence-corrected chi connectivity index (χ3v) is 5.10. The molecule has 162 valence electrons. The maximum Gasteiger partial charge on any atom is 0.323 e. The van der Waals surface area contributed by atoms with Crippen molar-refractivity contribution in [2.24, 2.45) is 0 Å². The maximum atomic E-state index is 12.5. The molecule has 0 aliphatic carbocycles. The van der Waals surface area contributed by atoms with Crippen molar-refractivity contribution in [2.45, 2.75) is 20.3 Å². The Labute approximate surface area is 191 Å². The summed E-state index contributed by atoms with van der Waals surface area (Å²) in [5, 5.41) is 10.9. The van der Waals surface area contributed by atoms with Gasteiger partial charge in [-0.2, -0.15) is 5.10 Å². The van der Waals surface area contributed by atoms with Crippen LogP contribution in [0.25, 0.3) is 5.69 Å². The van der Waals surface area contributed by atoms with Crippen molar-refractivity contribution in [1.29, 1.82) is 0 Å². The van der Waals surface area contributed by atoms with Gasteiger partial charge in [-0.3, -0.25) is 0 Å². The van der Waals surface area contributed by atoms with Crippen LogP contribution < -0.4 is 15.4 Å². The number of urea groups is 1. The molecule has 7 heteroatoms. The molecule has 2 amide bonds. The highest BCUT2D eigenvalue weighted by molar-refractivity contribution is 6.30. The van der Waals surface area contributed by atoms with Crippen molar-refractivity contribution in [3.63, 3.8) is 0 Å². The number of aryl methyl sites for hydroxylation is 2. The second-order valence-corrected chi connectivity index (χ2v) is 7.64. The zero-order valence-corrected chi connectivity index (χ0v) is 18.6. The minimum absolute atomic E-state index is 0.385. The second kappa shape index (κ2) is 9.58. The van der Waals surface area contributed by atoms with Crippen LogP contribution in [-0.2, 0) is 6.42 Å². The fourth-order valence-corrected chi connectivity index (χ4v) is 3.45. The lowest BCUT2D eigenvalue weighted by Gasteiger charge is -2.15. The first kappa shape index (κ1) is 21.5. The Morgan fingerprint density at radius 1 is 1.00 bits per heavy atom. The molecule has 1 heterocycles. The van der Waals surface area contributed by atoms with Crippen molar-refractivity contribution >= 4 is 29.0 Å². The SMILES string of the molecule is CCc1ccccc1-n1nc(C)cc1Oc1ccccc1NC(=O)Nc1ccc(Cl)cc1. The van der Waals surface area contributed by atoms with Gasteiger partial charge in [-0.1, -0.05) is 48.9 Å². The largest absolute Gasteiger partial charge is 0.437 e. The van der Waals surface area contributed by atoms with E-state index in [0.29, 0.717) is 28.0 Å². The number of anilines is 2. The average molecular weight is 447 g/mol. The summed E-state index contributed by atoms with van der Waals surface area (Å²) < 4.78 is 8.01. The van der Waals surface area contributed by atoms with Crippen molar-refractivity contribution in [1.82, 2.24) is 9.78 Å². The van der Waals surface area contributed by atoms with Gasteiger partial charge in [-0.15, -0.1) is 0 Å². The molecule has 32 heavy (non-hydrogen) atoms. The second-order valence-electron chi connectivity index (χ2n) is 7.20. The number of halogens is 1. The molecule has 0 unspecified atom stereocenters. The van der Waals surface area contributed by atoms with Gasteiger partial charge < -0.3 is 15.4 Å². The molecule has 0 spiro atoms. The highest BCUT2D eigenvalue weighted by Gasteiger charge is 2.15. The Hall–Kier alpha value is -3.77. The summed E-state index contributed by atoms with van der Waals surface area (Å²) in [6.45, 7) is 4.02. The van der Waals surface area contributed by atoms with Crippen molar-refractivity contribution in [3.05, 3.63) is 95.1 Å². The van der Waals surface area contributed by atoms with E-state index < -0.39 is 0 Å². The molecule has 2 N–H and O–H groups in total. The highest BCUT2D eigenvalue weighted by Crippen LogP contribution is 2.32. The number of amides is 2. The van der Waals surface area contributed by atoms with Crippen LogP contribution >= 0.6 is 11.6 Å². The summed E-state index contributed by atoms with van der Waals surface area (Å²) in [5.74, 6) is 1.07. The fraction of sp³-hybridized carbons (Fsp3) is 0.120. The predicted molar refractivity (Wildman–Crippen MR) is 128 cm³/mol. The summed E-state index contributed by atoms with van der Waals surface area (Å²) >= 11 is 5.90. The molecule has 0 aliphatic rings. The molecule has 3 aromatic carbocycles. The number of carbonyl (C=O) groups excluding carboxylic acids is 1. The zero-order chi connectivity index (χ0) is 22.5. The van der Waals surface area contributed by atoms with Gasteiger partial charge in [0.2, 0.25) is 5.88 Å². The number of para-hydroxylation sites is 3. The van der Waals surface area contributed by atoms with Crippen LogP contribution in [0.15, 0.2) is 78.9 Å². The minimum atomic E-state index is -0.385. The number of rotatable bonds is 6. The van der Waals surface area contributed by atoms with Crippen LogP contribution in [0.4, 0.5) is 16.2 Å². The van der Waals surface area contributed by atoms with E-state index in [1.165, 1.54) is 0 Å². The summed E-state index contributed by atoms with van der Waals surface area (Å²) in [6, 6.07) is 23.7. The number of aromatic nitrogens is 2. The lowest BCUT2D eigenvalue weighted by Crippen LogP contribution is -2.19. The fourth-order valence-electron chi connectivity index (χ4n) is 3.33. The number of carbonyl (C=O) groups is 1. The lowest BCUT2D eigenvalue weighted by atomic mass is 10.1. The van der Waals surface area contributed by atoms with Crippen LogP contribution in [0.5, 0.6) is 11.6 Å².